The van der Waals surface area contributed by atoms with Crippen LogP contribution in [0.3, 0.4) is 0 Å². The summed E-state index contributed by atoms with van der Waals surface area (Å²) in [6, 6.07) is 17.0. The molecule has 0 saturated heterocycles. The molecule has 11 heteroatoms. The van der Waals surface area contributed by atoms with Gasteiger partial charge in [0, 0.05) is 16.9 Å². The van der Waals surface area contributed by atoms with Gasteiger partial charge in [-0.05, 0) is 74.9 Å². The van der Waals surface area contributed by atoms with Gasteiger partial charge >= 0.3 is 11.9 Å². The molecule has 5 rings (SSSR count). The Morgan fingerprint density at radius 3 is 1.78 bits per heavy atom. The standard InChI is InChI=1S/C40H42N2O9/c1-4-7-8-9-10-11-20-51-38-32-28(36(45)33-30(43)18-19-31(44)34(33)37(32)46)23-29(41-26-16-12-14-24(21-26)39(47)49-5-2)35(38)42-27-17-13-15-25(22-27)40(48)50-6-3/h12-19,21-23,41-44H,4-11,20H2,1-3H3. The highest BCUT2D eigenvalue weighted by atomic mass is 16.5. The summed E-state index contributed by atoms with van der Waals surface area (Å²) < 4.78 is 16.8. The number of rotatable bonds is 16. The van der Waals surface area contributed by atoms with Gasteiger partial charge in [0.1, 0.15) is 17.2 Å². The number of benzene rings is 4. The number of ketones is 2. The van der Waals surface area contributed by atoms with Gasteiger partial charge in [0.05, 0.1) is 53.3 Å². The quantitative estimate of drug-likeness (QED) is 0.0446. The van der Waals surface area contributed by atoms with E-state index >= 15 is 0 Å². The first kappa shape index (κ1) is 36.4. The Balaban J connectivity index is 1.68. The van der Waals surface area contributed by atoms with E-state index in [1.807, 2.05) is 0 Å². The number of carbonyl (C=O) groups is 4. The number of anilines is 4. The molecule has 0 spiro atoms. The minimum atomic E-state index is -0.704. The molecule has 0 amide bonds. The molecule has 51 heavy (non-hydrogen) atoms. The summed E-state index contributed by atoms with van der Waals surface area (Å²) in [5.41, 5.74) is 1.25. The van der Waals surface area contributed by atoms with Crippen molar-refractivity contribution in [3.05, 3.63) is 100 Å². The molecule has 0 saturated carbocycles. The Kier molecular flexibility index (Phi) is 11.9. The Morgan fingerprint density at radius 1 is 0.647 bits per heavy atom. The Hall–Kier alpha value is -5.84. The van der Waals surface area contributed by atoms with E-state index < -0.39 is 35.0 Å². The lowest BCUT2D eigenvalue weighted by Crippen LogP contribution is -2.23. The minimum absolute atomic E-state index is 0.0402. The van der Waals surface area contributed by atoms with E-state index in [-0.39, 0.29) is 64.6 Å². The van der Waals surface area contributed by atoms with Crippen molar-refractivity contribution in [2.45, 2.75) is 59.3 Å². The maximum Gasteiger partial charge on any atom is 0.338 e. The van der Waals surface area contributed by atoms with Crippen molar-refractivity contribution < 1.29 is 43.6 Å². The molecular weight excluding hydrogens is 652 g/mol. The fourth-order valence-electron chi connectivity index (χ4n) is 5.96. The summed E-state index contributed by atoms with van der Waals surface area (Å²) in [6.07, 6.45) is 5.89. The zero-order valence-corrected chi connectivity index (χ0v) is 29.0. The Morgan fingerprint density at radius 2 is 1.20 bits per heavy atom. The molecule has 0 atom stereocenters. The Bertz CT molecular complexity index is 1950. The van der Waals surface area contributed by atoms with Crippen LogP contribution in [-0.4, -0.2) is 53.5 Å². The first-order valence-corrected chi connectivity index (χ1v) is 17.2. The largest absolute Gasteiger partial charge is 0.507 e. The molecule has 1 aliphatic rings. The molecule has 0 aromatic heterocycles. The highest BCUT2D eigenvalue weighted by Crippen LogP contribution is 2.48. The van der Waals surface area contributed by atoms with Gasteiger partial charge in [-0.2, -0.15) is 0 Å². The van der Waals surface area contributed by atoms with E-state index in [0.717, 1.165) is 44.2 Å². The summed E-state index contributed by atoms with van der Waals surface area (Å²) in [6.45, 7) is 6.16. The summed E-state index contributed by atoms with van der Waals surface area (Å²) in [5.74, 6) is -3.29. The van der Waals surface area contributed by atoms with Gasteiger partial charge in [-0.25, -0.2) is 9.59 Å². The normalized spacial score (nSPS) is 11.7. The molecule has 11 nitrogen and oxygen atoms in total. The number of unbranched alkanes of at least 4 members (excludes halogenated alkanes) is 5. The van der Waals surface area contributed by atoms with E-state index in [2.05, 4.69) is 17.6 Å². The van der Waals surface area contributed by atoms with Crippen LogP contribution in [0.2, 0.25) is 0 Å². The topological polar surface area (TPSA) is 160 Å². The predicted octanol–water partition coefficient (Wildman–Crippen LogP) is 8.45. The van der Waals surface area contributed by atoms with Crippen LogP contribution in [-0.2, 0) is 9.47 Å². The summed E-state index contributed by atoms with van der Waals surface area (Å²) in [5, 5.41) is 28.0. The van der Waals surface area contributed by atoms with Gasteiger partial charge in [0.2, 0.25) is 5.78 Å². The molecule has 0 unspecified atom stereocenters. The van der Waals surface area contributed by atoms with Crippen LogP contribution in [0.4, 0.5) is 22.7 Å². The van der Waals surface area contributed by atoms with Crippen molar-refractivity contribution in [1.82, 2.24) is 0 Å². The molecule has 4 aromatic carbocycles. The number of nitrogens with one attached hydrogen (secondary N) is 2. The number of fused-ring (bicyclic) bond motifs is 2. The number of ether oxygens (including phenoxy) is 3. The average molecular weight is 695 g/mol. The van der Waals surface area contributed by atoms with Crippen molar-refractivity contribution >= 4 is 46.3 Å². The zero-order chi connectivity index (χ0) is 36.5. The van der Waals surface area contributed by atoms with Crippen LogP contribution in [0.1, 0.15) is 112 Å². The van der Waals surface area contributed by atoms with Crippen LogP contribution in [0.15, 0.2) is 66.7 Å². The number of esters is 2. The van der Waals surface area contributed by atoms with Gasteiger partial charge in [-0.3, -0.25) is 9.59 Å². The predicted molar refractivity (Wildman–Crippen MR) is 193 cm³/mol. The number of aromatic hydroxyl groups is 2. The van der Waals surface area contributed by atoms with Crippen molar-refractivity contribution in [3.63, 3.8) is 0 Å². The molecule has 266 valence electrons. The van der Waals surface area contributed by atoms with E-state index in [9.17, 15) is 29.4 Å². The molecule has 0 radical (unpaired) electrons. The number of hydrogen-bond acceptors (Lipinski definition) is 11. The summed E-state index contributed by atoms with van der Waals surface area (Å²) >= 11 is 0. The van der Waals surface area contributed by atoms with E-state index in [4.69, 9.17) is 14.2 Å². The maximum absolute atomic E-state index is 14.3. The highest BCUT2D eigenvalue weighted by Gasteiger charge is 2.39. The fraction of sp³-hybridized carbons (Fsp3) is 0.300. The van der Waals surface area contributed by atoms with Gasteiger partial charge in [-0.15, -0.1) is 0 Å². The molecule has 1 aliphatic carbocycles. The van der Waals surface area contributed by atoms with Crippen LogP contribution < -0.4 is 15.4 Å². The first-order chi connectivity index (χ1) is 24.7. The monoisotopic (exact) mass is 694 g/mol. The maximum atomic E-state index is 14.3. The number of carbonyl (C=O) groups excluding carboxylic acids is 4. The van der Waals surface area contributed by atoms with Gasteiger partial charge in [-0.1, -0.05) is 51.2 Å². The summed E-state index contributed by atoms with van der Waals surface area (Å²) in [7, 11) is 0. The van der Waals surface area contributed by atoms with Crippen LogP contribution >= 0.6 is 0 Å². The lowest BCUT2D eigenvalue weighted by atomic mass is 9.81. The molecular formula is C40H42N2O9. The van der Waals surface area contributed by atoms with E-state index in [1.54, 1.807) is 62.4 Å². The van der Waals surface area contributed by atoms with E-state index in [0.29, 0.717) is 23.5 Å². The van der Waals surface area contributed by atoms with Crippen LogP contribution in [0.5, 0.6) is 17.2 Å². The molecule has 4 N–H and O–H groups in total. The van der Waals surface area contributed by atoms with Crippen molar-refractivity contribution in [1.29, 1.82) is 0 Å². The van der Waals surface area contributed by atoms with E-state index in [1.165, 1.54) is 6.07 Å². The van der Waals surface area contributed by atoms with Gasteiger partial charge < -0.3 is 35.1 Å². The molecule has 0 heterocycles. The third-order valence-corrected chi connectivity index (χ3v) is 8.41. The lowest BCUT2D eigenvalue weighted by Gasteiger charge is -2.26. The molecule has 0 aliphatic heterocycles. The minimum Gasteiger partial charge on any atom is -0.507 e. The SMILES string of the molecule is CCCCCCCCOc1c(Nc2cccc(C(=O)OCC)c2)c(Nc2cccc(C(=O)OCC)c2)cc2c1C(=O)c1c(O)ccc(O)c1C2=O. The summed E-state index contributed by atoms with van der Waals surface area (Å²) in [4.78, 5) is 53.5. The molecule has 4 aromatic rings. The highest BCUT2D eigenvalue weighted by molar-refractivity contribution is 6.32. The van der Waals surface area contributed by atoms with Gasteiger partial charge in [0.15, 0.2) is 11.5 Å². The molecule has 0 bridgehead atoms. The second-order valence-electron chi connectivity index (χ2n) is 12.0. The van der Waals surface area contributed by atoms with Crippen molar-refractivity contribution in [3.8, 4) is 17.2 Å². The number of phenolic OH excluding ortho intramolecular Hbond substituents is 2. The smallest absolute Gasteiger partial charge is 0.338 e. The number of hydrogen-bond donors (Lipinski definition) is 4. The average Bonchev–Trinajstić information content (AvgIpc) is 3.12. The third-order valence-electron chi connectivity index (χ3n) is 8.41. The van der Waals surface area contributed by atoms with Crippen molar-refractivity contribution in [2.24, 2.45) is 0 Å². The first-order valence-electron chi connectivity index (χ1n) is 17.2. The number of phenols is 2. The van der Waals surface area contributed by atoms with Gasteiger partial charge in [0.25, 0.3) is 0 Å². The van der Waals surface area contributed by atoms with Crippen LogP contribution in [0, 0.1) is 0 Å². The second-order valence-corrected chi connectivity index (χ2v) is 12.0. The third kappa shape index (κ3) is 8.15. The second kappa shape index (κ2) is 16.7. The van der Waals surface area contributed by atoms with Crippen LogP contribution in [0.25, 0.3) is 0 Å². The zero-order valence-electron chi connectivity index (χ0n) is 29.0. The Labute approximate surface area is 296 Å². The van der Waals surface area contributed by atoms with Crippen molar-refractivity contribution in [2.75, 3.05) is 30.5 Å². The lowest BCUT2D eigenvalue weighted by molar-refractivity contribution is 0.0517. The fourth-order valence-corrected chi connectivity index (χ4v) is 5.96. The molecule has 0 fully saturated rings.